The van der Waals surface area contributed by atoms with Gasteiger partial charge in [0.2, 0.25) is 0 Å². The van der Waals surface area contributed by atoms with Crippen LogP contribution in [-0.2, 0) is 6.54 Å². The Balaban J connectivity index is 1.55. The number of carbonyl (C=O) groups is 1. The van der Waals surface area contributed by atoms with Gasteiger partial charge in [0, 0.05) is 0 Å². The molecule has 118 valence electrons. The number of benzene rings is 2. The summed E-state index contributed by atoms with van der Waals surface area (Å²) in [4.78, 5) is 16.4. The van der Waals surface area contributed by atoms with Gasteiger partial charge in [0.05, 0.1) is 22.8 Å². The molecule has 1 aromatic heterocycles. The first kappa shape index (κ1) is 15.4. The maximum absolute atomic E-state index is 12.9. The van der Waals surface area contributed by atoms with E-state index in [2.05, 4.69) is 15.6 Å². The third-order valence-corrected chi connectivity index (χ3v) is 4.49. The van der Waals surface area contributed by atoms with Gasteiger partial charge in [0.1, 0.15) is 10.8 Å². The summed E-state index contributed by atoms with van der Waals surface area (Å²) in [6.45, 7) is 2.23. The highest BCUT2D eigenvalue weighted by atomic mass is 32.1. The van der Waals surface area contributed by atoms with Crippen LogP contribution in [0.4, 0.5) is 9.18 Å². The Morgan fingerprint density at radius 1 is 1.22 bits per heavy atom. The topological polar surface area (TPSA) is 54.0 Å². The third-order valence-electron chi connectivity index (χ3n) is 3.46. The molecule has 1 atom stereocenters. The van der Waals surface area contributed by atoms with E-state index in [-0.39, 0.29) is 17.9 Å². The van der Waals surface area contributed by atoms with Crippen LogP contribution in [0.25, 0.3) is 10.2 Å². The Morgan fingerprint density at radius 2 is 1.96 bits per heavy atom. The van der Waals surface area contributed by atoms with E-state index in [1.165, 1.54) is 12.1 Å². The number of rotatable bonds is 4. The van der Waals surface area contributed by atoms with Gasteiger partial charge in [-0.3, -0.25) is 0 Å². The maximum atomic E-state index is 12.9. The summed E-state index contributed by atoms with van der Waals surface area (Å²) in [5.74, 6) is -0.291. The predicted molar refractivity (Wildman–Crippen MR) is 89.8 cm³/mol. The average molecular weight is 329 g/mol. The minimum atomic E-state index is -0.291. The summed E-state index contributed by atoms with van der Waals surface area (Å²) in [7, 11) is 0. The minimum Gasteiger partial charge on any atom is -0.332 e. The summed E-state index contributed by atoms with van der Waals surface area (Å²) in [6, 6.07) is 13.5. The molecule has 0 saturated heterocycles. The summed E-state index contributed by atoms with van der Waals surface area (Å²) < 4.78 is 14.0. The van der Waals surface area contributed by atoms with E-state index in [1.54, 1.807) is 23.5 Å². The summed E-state index contributed by atoms with van der Waals surface area (Å²) >= 11 is 1.56. The quantitative estimate of drug-likeness (QED) is 0.760. The Labute approximate surface area is 137 Å². The van der Waals surface area contributed by atoms with Crippen molar-refractivity contribution in [2.24, 2.45) is 0 Å². The molecule has 3 rings (SSSR count). The predicted octanol–water partition coefficient (Wildman–Crippen LogP) is 4.00. The summed E-state index contributed by atoms with van der Waals surface area (Å²) in [5, 5.41) is 6.48. The molecule has 4 nitrogen and oxygen atoms in total. The van der Waals surface area contributed by atoms with Crippen molar-refractivity contribution in [2.75, 3.05) is 0 Å². The molecule has 0 saturated carbocycles. The molecule has 3 aromatic rings. The molecule has 1 heterocycles. The fraction of sp³-hybridized carbons (Fsp3) is 0.176. The number of amides is 2. The molecule has 0 unspecified atom stereocenters. The van der Waals surface area contributed by atoms with E-state index in [1.807, 2.05) is 31.2 Å². The number of nitrogens with one attached hydrogen (secondary N) is 2. The Bertz CT molecular complexity index is 783. The zero-order chi connectivity index (χ0) is 16.2. The van der Waals surface area contributed by atoms with Crippen LogP contribution in [0.3, 0.4) is 0 Å². The average Bonchev–Trinajstić information content (AvgIpc) is 2.96. The standard InChI is InChI=1S/C17H16FN3OS/c1-11(12-6-8-13(18)9-7-12)20-17(22)19-10-16-21-14-4-2-3-5-15(14)23-16/h2-9,11H,10H2,1H3,(H2,19,20,22)/t11-/m1/s1. The highest BCUT2D eigenvalue weighted by molar-refractivity contribution is 7.18. The van der Waals surface area contributed by atoms with Gasteiger partial charge in [-0.1, -0.05) is 24.3 Å². The number of hydrogen-bond acceptors (Lipinski definition) is 3. The monoisotopic (exact) mass is 329 g/mol. The fourth-order valence-corrected chi connectivity index (χ4v) is 3.14. The van der Waals surface area contributed by atoms with Crippen molar-refractivity contribution in [1.29, 1.82) is 0 Å². The van der Waals surface area contributed by atoms with Crippen LogP contribution >= 0.6 is 11.3 Å². The molecule has 2 aromatic carbocycles. The maximum Gasteiger partial charge on any atom is 0.315 e. The molecular formula is C17H16FN3OS. The number of halogens is 1. The van der Waals surface area contributed by atoms with E-state index in [4.69, 9.17) is 0 Å². The molecule has 0 bridgehead atoms. The SMILES string of the molecule is C[C@@H](NC(=O)NCc1nc2ccccc2s1)c1ccc(F)cc1. The van der Waals surface area contributed by atoms with E-state index in [0.29, 0.717) is 6.54 Å². The lowest BCUT2D eigenvalue weighted by molar-refractivity contribution is 0.237. The second-order valence-corrected chi connectivity index (χ2v) is 6.29. The third kappa shape index (κ3) is 3.84. The van der Waals surface area contributed by atoms with E-state index in [0.717, 1.165) is 20.8 Å². The highest BCUT2D eigenvalue weighted by Gasteiger charge is 2.10. The second-order valence-electron chi connectivity index (χ2n) is 5.18. The van der Waals surface area contributed by atoms with E-state index in [9.17, 15) is 9.18 Å². The highest BCUT2D eigenvalue weighted by Crippen LogP contribution is 2.21. The Morgan fingerprint density at radius 3 is 2.70 bits per heavy atom. The van der Waals surface area contributed by atoms with Gasteiger partial charge in [-0.25, -0.2) is 14.2 Å². The number of para-hydroxylation sites is 1. The van der Waals surface area contributed by atoms with Crippen molar-refractivity contribution < 1.29 is 9.18 Å². The smallest absolute Gasteiger partial charge is 0.315 e. The van der Waals surface area contributed by atoms with Gasteiger partial charge < -0.3 is 10.6 Å². The first-order valence-corrected chi connectivity index (χ1v) is 8.08. The molecule has 2 N–H and O–H groups in total. The molecule has 0 fully saturated rings. The molecular weight excluding hydrogens is 313 g/mol. The number of hydrogen-bond donors (Lipinski definition) is 2. The molecule has 0 aliphatic heterocycles. The van der Waals surface area contributed by atoms with Crippen LogP contribution in [0.5, 0.6) is 0 Å². The van der Waals surface area contributed by atoms with Crippen LogP contribution in [0, 0.1) is 5.82 Å². The number of thiazole rings is 1. The fourth-order valence-electron chi connectivity index (χ4n) is 2.23. The van der Waals surface area contributed by atoms with Gasteiger partial charge in [0.25, 0.3) is 0 Å². The Kier molecular flexibility index (Phi) is 4.52. The number of fused-ring (bicyclic) bond motifs is 1. The number of carbonyl (C=O) groups excluding carboxylic acids is 1. The zero-order valence-electron chi connectivity index (χ0n) is 12.5. The van der Waals surface area contributed by atoms with Crippen molar-refractivity contribution >= 4 is 27.6 Å². The molecule has 6 heteroatoms. The van der Waals surface area contributed by atoms with Crippen LogP contribution in [0.1, 0.15) is 23.5 Å². The van der Waals surface area contributed by atoms with Gasteiger partial charge in [-0.05, 0) is 36.8 Å². The minimum absolute atomic E-state index is 0.203. The number of nitrogens with zero attached hydrogens (tertiary/aromatic N) is 1. The molecule has 0 aliphatic rings. The number of urea groups is 1. The van der Waals surface area contributed by atoms with Crippen LogP contribution in [0.2, 0.25) is 0 Å². The first-order chi connectivity index (χ1) is 11.1. The Hall–Kier alpha value is -2.47. The summed E-state index contributed by atoms with van der Waals surface area (Å²) in [6.07, 6.45) is 0. The van der Waals surface area contributed by atoms with Crippen LogP contribution < -0.4 is 10.6 Å². The summed E-state index contributed by atoms with van der Waals surface area (Å²) in [5.41, 5.74) is 1.79. The van der Waals surface area contributed by atoms with Gasteiger partial charge in [0.15, 0.2) is 0 Å². The zero-order valence-corrected chi connectivity index (χ0v) is 13.4. The molecule has 0 radical (unpaired) electrons. The normalized spacial score (nSPS) is 12.1. The van der Waals surface area contributed by atoms with Crippen molar-refractivity contribution in [3.63, 3.8) is 0 Å². The number of aromatic nitrogens is 1. The molecule has 0 spiro atoms. The lowest BCUT2D eigenvalue weighted by Gasteiger charge is -2.14. The molecule has 0 aliphatic carbocycles. The first-order valence-electron chi connectivity index (χ1n) is 7.26. The van der Waals surface area contributed by atoms with Crippen molar-refractivity contribution in [1.82, 2.24) is 15.6 Å². The van der Waals surface area contributed by atoms with Crippen molar-refractivity contribution in [2.45, 2.75) is 19.5 Å². The lowest BCUT2D eigenvalue weighted by atomic mass is 10.1. The van der Waals surface area contributed by atoms with Crippen LogP contribution in [-0.4, -0.2) is 11.0 Å². The van der Waals surface area contributed by atoms with E-state index < -0.39 is 0 Å². The lowest BCUT2D eigenvalue weighted by Crippen LogP contribution is -2.36. The van der Waals surface area contributed by atoms with Gasteiger partial charge >= 0.3 is 6.03 Å². The van der Waals surface area contributed by atoms with Crippen molar-refractivity contribution in [3.8, 4) is 0 Å². The van der Waals surface area contributed by atoms with E-state index >= 15 is 0 Å². The molecule has 23 heavy (non-hydrogen) atoms. The largest absolute Gasteiger partial charge is 0.332 e. The second kappa shape index (κ2) is 6.75. The van der Waals surface area contributed by atoms with Crippen LogP contribution in [0.15, 0.2) is 48.5 Å². The van der Waals surface area contributed by atoms with Gasteiger partial charge in [-0.15, -0.1) is 11.3 Å². The molecule has 2 amide bonds. The van der Waals surface area contributed by atoms with Crippen molar-refractivity contribution in [3.05, 3.63) is 64.9 Å². The van der Waals surface area contributed by atoms with Gasteiger partial charge in [-0.2, -0.15) is 0 Å².